The van der Waals surface area contributed by atoms with E-state index in [4.69, 9.17) is 16.7 Å². The number of nitriles is 1. The number of fused-ring (bicyclic) bond motifs is 1. The molecule has 1 aromatic heterocycles. The van der Waals surface area contributed by atoms with Gasteiger partial charge in [0.2, 0.25) is 0 Å². The zero-order valence-electron chi connectivity index (χ0n) is 7.39. The van der Waals surface area contributed by atoms with E-state index in [9.17, 15) is 5.11 Å². The van der Waals surface area contributed by atoms with E-state index in [-0.39, 0.29) is 5.75 Å². The molecule has 5 nitrogen and oxygen atoms in total. The van der Waals surface area contributed by atoms with Crippen molar-refractivity contribution in [3.8, 4) is 11.2 Å². The summed E-state index contributed by atoms with van der Waals surface area (Å²) >= 11 is 2.09. The third-order valence-electron chi connectivity index (χ3n) is 1.82. The minimum Gasteiger partial charge on any atom is -0.506 e. The average molecular weight is 238 g/mol. The molecule has 0 aliphatic rings. The molecule has 0 saturated carbocycles. The van der Waals surface area contributed by atoms with Crippen molar-refractivity contribution in [3.63, 3.8) is 0 Å². The molecule has 0 aliphatic heterocycles. The normalized spacial score (nSPS) is 10.3. The number of rotatable bonds is 1. The molecule has 0 bridgehead atoms. The summed E-state index contributed by atoms with van der Waals surface area (Å²) in [5.41, 5.74) is 12.2. The second kappa shape index (κ2) is 3.49. The molecular formula is C8H6N4OS2. The highest BCUT2D eigenvalue weighted by Crippen LogP contribution is 2.40. The van der Waals surface area contributed by atoms with Gasteiger partial charge in [-0.25, -0.2) is 4.98 Å². The molecule has 0 fully saturated rings. The summed E-state index contributed by atoms with van der Waals surface area (Å²) in [6, 6.07) is 1.42. The number of aromatic nitrogens is 1. The summed E-state index contributed by atoms with van der Waals surface area (Å²) in [5.74, 6) is -0.00935. The van der Waals surface area contributed by atoms with Crippen LogP contribution in [0.2, 0.25) is 0 Å². The lowest BCUT2D eigenvalue weighted by atomic mass is 10.3. The maximum absolute atomic E-state index is 9.63. The quantitative estimate of drug-likeness (QED) is 0.302. The summed E-state index contributed by atoms with van der Waals surface area (Å²) in [6.45, 7) is 0. The van der Waals surface area contributed by atoms with E-state index in [2.05, 4.69) is 4.98 Å². The van der Waals surface area contributed by atoms with Crippen LogP contribution in [-0.4, -0.2) is 10.1 Å². The van der Waals surface area contributed by atoms with Crippen LogP contribution in [0.5, 0.6) is 5.75 Å². The number of thioether (sulfide) groups is 1. The van der Waals surface area contributed by atoms with Gasteiger partial charge < -0.3 is 16.6 Å². The Labute approximate surface area is 93.3 Å². The molecule has 0 aliphatic carbocycles. The number of nitrogen functional groups attached to an aromatic ring is 2. The van der Waals surface area contributed by atoms with E-state index in [0.717, 1.165) is 11.8 Å². The maximum atomic E-state index is 9.63. The van der Waals surface area contributed by atoms with Gasteiger partial charge in [0.05, 0.1) is 15.3 Å². The van der Waals surface area contributed by atoms with Gasteiger partial charge in [-0.1, -0.05) is 11.3 Å². The van der Waals surface area contributed by atoms with Gasteiger partial charge in [-0.15, -0.1) is 0 Å². The van der Waals surface area contributed by atoms with Crippen LogP contribution in [0.25, 0.3) is 10.2 Å². The number of hydrogen-bond acceptors (Lipinski definition) is 7. The van der Waals surface area contributed by atoms with Crippen LogP contribution >= 0.6 is 23.1 Å². The van der Waals surface area contributed by atoms with E-state index in [0.29, 0.717) is 25.9 Å². The van der Waals surface area contributed by atoms with E-state index >= 15 is 0 Å². The van der Waals surface area contributed by atoms with Gasteiger partial charge in [-0.2, -0.15) is 5.26 Å². The van der Waals surface area contributed by atoms with Gasteiger partial charge >= 0.3 is 0 Å². The molecule has 2 aromatic rings. The predicted octanol–water partition coefficient (Wildman–Crippen LogP) is 1.74. The van der Waals surface area contributed by atoms with E-state index in [1.54, 1.807) is 0 Å². The van der Waals surface area contributed by atoms with Crippen LogP contribution in [0.15, 0.2) is 11.0 Å². The average Bonchev–Trinajstić information content (AvgIpc) is 2.57. The first-order chi connectivity index (χ1) is 7.13. The highest BCUT2D eigenvalue weighted by atomic mass is 32.2. The Morgan fingerprint density at radius 1 is 1.53 bits per heavy atom. The number of phenols is 1. The number of hydrogen-bond donors (Lipinski definition) is 3. The Morgan fingerprint density at radius 2 is 2.27 bits per heavy atom. The van der Waals surface area contributed by atoms with Crippen molar-refractivity contribution in [1.82, 2.24) is 4.98 Å². The second-order valence-electron chi connectivity index (χ2n) is 2.73. The van der Waals surface area contributed by atoms with Gasteiger partial charge in [-0.3, -0.25) is 0 Å². The molecule has 2 rings (SSSR count). The fraction of sp³-hybridized carbons (Fsp3) is 0. The molecule has 0 radical (unpaired) electrons. The Hall–Kier alpha value is -1.65. The van der Waals surface area contributed by atoms with Gasteiger partial charge in [0, 0.05) is 0 Å². The zero-order chi connectivity index (χ0) is 11.0. The van der Waals surface area contributed by atoms with E-state index < -0.39 is 0 Å². The lowest BCUT2D eigenvalue weighted by Crippen LogP contribution is -1.88. The van der Waals surface area contributed by atoms with Crippen molar-refractivity contribution in [3.05, 3.63) is 6.07 Å². The molecule has 0 spiro atoms. The molecule has 0 unspecified atom stereocenters. The number of nitrogens with zero attached hydrogens (tertiary/aromatic N) is 2. The molecule has 0 saturated heterocycles. The second-order valence-corrected chi connectivity index (χ2v) is 4.59. The number of thiocyanates is 1. The molecule has 0 amide bonds. The van der Waals surface area contributed by atoms with Crippen molar-refractivity contribution in [2.45, 2.75) is 4.90 Å². The maximum Gasteiger partial charge on any atom is 0.181 e. The lowest BCUT2D eigenvalue weighted by molar-refractivity contribution is 0.479. The van der Waals surface area contributed by atoms with Gasteiger partial charge in [0.15, 0.2) is 5.13 Å². The molecule has 7 heteroatoms. The summed E-state index contributed by atoms with van der Waals surface area (Å²) < 4.78 is 0.616. The number of benzene rings is 1. The van der Waals surface area contributed by atoms with Crippen LogP contribution in [0, 0.1) is 10.7 Å². The Morgan fingerprint density at radius 3 is 2.93 bits per heavy atom. The topological polar surface area (TPSA) is 109 Å². The Kier molecular flexibility index (Phi) is 2.30. The van der Waals surface area contributed by atoms with Crippen LogP contribution in [-0.2, 0) is 0 Å². The fourth-order valence-electron chi connectivity index (χ4n) is 1.21. The standard InChI is InChI=1S/C8H6N4OS2/c9-2-14-4-1-3(13)6-7(5(4)10)15-8(11)12-6/h1,13H,10H2,(H2,11,12). The van der Waals surface area contributed by atoms with Crippen LogP contribution in [0.4, 0.5) is 10.8 Å². The third kappa shape index (κ3) is 1.54. The molecule has 0 atom stereocenters. The van der Waals surface area contributed by atoms with E-state index in [1.807, 2.05) is 5.40 Å². The van der Waals surface area contributed by atoms with Crippen LogP contribution in [0.3, 0.4) is 0 Å². The third-order valence-corrected chi connectivity index (χ3v) is 3.39. The van der Waals surface area contributed by atoms with Crippen LogP contribution in [0.1, 0.15) is 0 Å². The summed E-state index contributed by atoms with van der Waals surface area (Å²) in [6.07, 6.45) is 0. The predicted molar refractivity (Wildman–Crippen MR) is 61.6 cm³/mol. The SMILES string of the molecule is N#CSc1cc(O)c2nc(N)sc2c1N. The number of anilines is 2. The molecule has 1 heterocycles. The lowest BCUT2D eigenvalue weighted by Gasteiger charge is -2.02. The largest absolute Gasteiger partial charge is 0.506 e. The fourth-order valence-corrected chi connectivity index (χ4v) is 2.57. The zero-order valence-corrected chi connectivity index (χ0v) is 9.02. The summed E-state index contributed by atoms with van der Waals surface area (Å²) in [5, 5.41) is 20.4. The first-order valence-electron chi connectivity index (χ1n) is 3.87. The van der Waals surface area contributed by atoms with Crippen LogP contribution < -0.4 is 11.5 Å². The van der Waals surface area contributed by atoms with E-state index in [1.165, 1.54) is 17.4 Å². The van der Waals surface area contributed by atoms with Crippen molar-refractivity contribution in [2.75, 3.05) is 11.5 Å². The molecule has 15 heavy (non-hydrogen) atoms. The van der Waals surface area contributed by atoms with Crippen molar-refractivity contribution in [2.24, 2.45) is 0 Å². The molecule has 5 N–H and O–H groups in total. The summed E-state index contributed by atoms with van der Waals surface area (Å²) in [4.78, 5) is 4.47. The first-order valence-corrected chi connectivity index (χ1v) is 5.50. The van der Waals surface area contributed by atoms with Crippen molar-refractivity contribution >= 4 is 44.1 Å². The monoisotopic (exact) mass is 238 g/mol. The number of aromatic hydroxyl groups is 1. The number of phenolic OH excluding ortho intramolecular Hbond substituents is 1. The first kappa shape index (κ1) is 9.89. The smallest absolute Gasteiger partial charge is 0.181 e. The van der Waals surface area contributed by atoms with Gasteiger partial charge in [0.25, 0.3) is 0 Å². The molecule has 76 valence electrons. The molecule has 1 aromatic carbocycles. The van der Waals surface area contributed by atoms with Crippen molar-refractivity contribution < 1.29 is 5.11 Å². The number of thiazole rings is 1. The minimum absolute atomic E-state index is 0.00935. The summed E-state index contributed by atoms with van der Waals surface area (Å²) in [7, 11) is 0. The highest BCUT2D eigenvalue weighted by Gasteiger charge is 2.13. The van der Waals surface area contributed by atoms with Gasteiger partial charge in [0.1, 0.15) is 16.7 Å². The molecular weight excluding hydrogens is 232 g/mol. The van der Waals surface area contributed by atoms with Crippen molar-refractivity contribution in [1.29, 1.82) is 5.26 Å². The Bertz CT molecular complexity index is 572. The van der Waals surface area contributed by atoms with Gasteiger partial charge in [-0.05, 0) is 17.8 Å². The Balaban J connectivity index is 2.78. The minimum atomic E-state index is -0.00935. The number of nitrogens with two attached hydrogens (primary N) is 2. The highest BCUT2D eigenvalue weighted by molar-refractivity contribution is 8.03.